The molecule has 0 aromatic heterocycles. The summed E-state index contributed by atoms with van der Waals surface area (Å²) in [6, 6.07) is 5.65. The predicted octanol–water partition coefficient (Wildman–Crippen LogP) is 0.539. The molecule has 0 spiro atoms. The third kappa shape index (κ3) is 3.64. The average molecular weight is 238 g/mol. The molecule has 1 aromatic carbocycles. The van der Waals surface area contributed by atoms with Crippen LogP contribution in [-0.4, -0.2) is 33.7 Å². The van der Waals surface area contributed by atoms with Crippen LogP contribution in [0, 0.1) is 0 Å². The van der Waals surface area contributed by atoms with Crippen LogP contribution in [0.4, 0.5) is 0 Å². The second-order valence-corrected chi connectivity index (χ2v) is 3.43. The number of benzene rings is 1. The van der Waals surface area contributed by atoms with Crippen LogP contribution < -0.4 is 20.1 Å². The number of hydrogen-bond acceptors (Lipinski definition) is 4. The number of amides is 1. The number of methoxy groups -OCH3 is 2. The number of likely N-dealkylation sites (N-methyl/N-ethyl adjacent to an activating group) is 1. The first-order valence-corrected chi connectivity index (χ1v) is 5.34. The molecule has 0 bridgehead atoms. The molecular formula is C12H18N2O3. The molecular weight excluding hydrogens is 220 g/mol. The van der Waals surface area contributed by atoms with Crippen LogP contribution >= 0.6 is 0 Å². The van der Waals surface area contributed by atoms with E-state index in [1.807, 2.05) is 18.2 Å². The van der Waals surface area contributed by atoms with E-state index in [0.717, 1.165) is 5.56 Å². The fourth-order valence-electron chi connectivity index (χ4n) is 1.49. The maximum Gasteiger partial charge on any atom is 0.233 e. The molecule has 0 atom stereocenters. The van der Waals surface area contributed by atoms with Gasteiger partial charge < -0.3 is 20.1 Å². The van der Waals surface area contributed by atoms with Gasteiger partial charge in [0.05, 0.1) is 20.8 Å². The fourth-order valence-corrected chi connectivity index (χ4v) is 1.49. The topological polar surface area (TPSA) is 59.6 Å². The zero-order chi connectivity index (χ0) is 12.7. The summed E-state index contributed by atoms with van der Waals surface area (Å²) in [5, 5.41) is 5.58. The molecule has 1 aromatic rings. The Morgan fingerprint density at radius 3 is 2.65 bits per heavy atom. The van der Waals surface area contributed by atoms with Crippen LogP contribution in [-0.2, 0) is 11.3 Å². The summed E-state index contributed by atoms with van der Waals surface area (Å²) >= 11 is 0. The Bertz CT molecular complexity index is 380. The summed E-state index contributed by atoms with van der Waals surface area (Å²) in [4.78, 5) is 11.1. The largest absolute Gasteiger partial charge is 0.493 e. The van der Waals surface area contributed by atoms with Gasteiger partial charge in [-0.25, -0.2) is 0 Å². The van der Waals surface area contributed by atoms with Crippen molar-refractivity contribution in [1.29, 1.82) is 0 Å². The Hall–Kier alpha value is -1.75. The van der Waals surface area contributed by atoms with Crippen molar-refractivity contribution < 1.29 is 14.3 Å². The second kappa shape index (κ2) is 6.75. The summed E-state index contributed by atoms with van der Waals surface area (Å²) in [5.74, 6) is 1.33. The highest BCUT2D eigenvalue weighted by molar-refractivity contribution is 5.77. The van der Waals surface area contributed by atoms with E-state index in [4.69, 9.17) is 9.47 Å². The van der Waals surface area contributed by atoms with E-state index in [9.17, 15) is 4.79 Å². The predicted molar refractivity (Wildman–Crippen MR) is 65.3 cm³/mol. The molecule has 5 heteroatoms. The van der Waals surface area contributed by atoms with Crippen LogP contribution in [0.1, 0.15) is 5.56 Å². The standard InChI is InChI=1S/C12H18N2O3/c1-13-11(15)8-14-7-9-5-4-6-10(16-2)12(9)17-3/h4-6,14H,7-8H2,1-3H3,(H,13,15). The van der Waals surface area contributed by atoms with Crippen molar-refractivity contribution in [3.8, 4) is 11.5 Å². The van der Waals surface area contributed by atoms with Crippen molar-refractivity contribution >= 4 is 5.91 Å². The van der Waals surface area contributed by atoms with E-state index in [0.29, 0.717) is 18.0 Å². The second-order valence-electron chi connectivity index (χ2n) is 3.43. The van der Waals surface area contributed by atoms with Crippen LogP contribution in [0.15, 0.2) is 18.2 Å². The molecule has 0 saturated heterocycles. The summed E-state index contributed by atoms with van der Waals surface area (Å²) < 4.78 is 10.5. The van der Waals surface area contributed by atoms with Crippen LogP contribution in [0.5, 0.6) is 11.5 Å². The van der Waals surface area contributed by atoms with E-state index in [1.54, 1.807) is 21.3 Å². The lowest BCUT2D eigenvalue weighted by atomic mass is 10.2. The average Bonchev–Trinajstić information content (AvgIpc) is 2.37. The molecule has 0 fully saturated rings. The Morgan fingerprint density at radius 1 is 1.29 bits per heavy atom. The van der Waals surface area contributed by atoms with E-state index < -0.39 is 0 Å². The molecule has 0 saturated carbocycles. The molecule has 0 aliphatic heterocycles. The molecule has 1 rings (SSSR count). The van der Waals surface area contributed by atoms with Crippen LogP contribution in [0.25, 0.3) is 0 Å². The molecule has 17 heavy (non-hydrogen) atoms. The number of nitrogens with one attached hydrogen (secondary N) is 2. The van der Waals surface area contributed by atoms with Gasteiger partial charge in [-0.2, -0.15) is 0 Å². The SMILES string of the molecule is CNC(=O)CNCc1cccc(OC)c1OC. The summed E-state index contributed by atoms with van der Waals surface area (Å²) in [5.41, 5.74) is 0.954. The molecule has 5 nitrogen and oxygen atoms in total. The minimum atomic E-state index is -0.0492. The van der Waals surface area contributed by atoms with Crippen molar-refractivity contribution in [2.24, 2.45) is 0 Å². The molecule has 0 radical (unpaired) electrons. The van der Waals surface area contributed by atoms with E-state index in [2.05, 4.69) is 10.6 Å². The molecule has 0 aliphatic carbocycles. The van der Waals surface area contributed by atoms with Gasteiger partial charge in [-0.1, -0.05) is 12.1 Å². The highest BCUT2D eigenvalue weighted by Crippen LogP contribution is 2.30. The Morgan fingerprint density at radius 2 is 2.06 bits per heavy atom. The van der Waals surface area contributed by atoms with Gasteiger partial charge in [0.2, 0.25) is 5.91 Å². The van der Waals surface area contributed by atoms with E-state index in [1.165, 1.54) is 0 Å². The van der Waals surface area contributed by atoms with Gasteiger partial charge in [0.25, 0.3) is 0 Å². The van der Waals surface area contributed by atoms with Gasteiger partial charge in [-0.05, 0) is 6.07 Å². The first-order chi connectivity index (χ1) is 8.22. The van der Waals surface area contributed by atoms with Crippen molar-refractivity contribution in [3.63, 3.8) is 0 Å². The van der Waals surface area contributed by atoms with Gasteiger partial charge >= 0.3 is 0 Å². The number of ether oxygens (including phenoxy) is 2. The molecule has 0 aliphatic rings. The van der Waals surface area contributed by atoms with Crippen molar-refractivity contribution in [3.05, 3.63) is 23.8 Å². The van der Waals surface area contributed by atoms with E-state index in [-0.39, 0.29) is 12.5 Å². The van der Waals surface area contributed by atoms with Crippen LogP contribution in [0.3, 0.4) is 0 Å². The number of carbonyl (C=O) groups is 1. The summed E-state index contributed by atoms with van der Waals surface area (Å²) in [6.07, 6.45) is 0. The third-order valence-electron chi connectivity index (χ3n) is 2.36. The normalized spacial score (nSPS) is 9.82. The number of para-hydroxylation sites is 1. The molecule has 1 amide bonds. The molecule has 0 unspecified atom stereocenters. The Kier molecular flexibility index (Phi) is 5.29. The lowest BCUT2D eigenvalue weighted by Gasteiger charge is -2.12. The summed E-state index contributed by atoms with van der Waals surface area (Å²) in [6.45, 7) is 0.824. The smallest absolute Gasteiger partial charge is 0.233 e. The lowest BCUT2D eigenvalue weighted by molar-refractivity contribution is -0.119. The highest BCUT2D eigenvalue weighted by atomic mass is 16.5. The monoisotopic (exact) mass is 238 g/mol. The first kappa shape index (κ1) is 13.3. The quantitative estimate of drug-likeness (QED) is 0.759. The van der Waals surface area contributed by atoms with Crippen molar-refractivity contribution in [2.45, 2.75) is 6.54 Å². The number of hydrogen-bond donors (Lipinski definition) is 2. The maximum atomic E-state index is 11.1. The van der Waals surface area contributed by atoms with E-state index >= 15 is 0 Å². The van der Waals surface area contributed by atoms with Gasteiger partial charge in [-0.15, -0.1) is 0 Å². The minimum absolute atomic E-state index is 0.0492. The summed E-state index contributed by atoms with van der Waals surface area (Å²) in [7, 11) is 4.80. The molecule has 2 N–H and O–H groups in total. The van der Waals surface area contributed by atoms with Gasteiger partial charge in [0.15, 0.2) is 11.5 Å². The van der Waals surface area contributed by atoms with Crippen molar-refractivity contribution in [2.75, 3.05) is 27.8 Å². The van der Waals surface area contributed by atoms with Crippen molar-refractivity contribution in [1.82, 2.24) is 10.6 Å². The maximum absolute atomic E-state index is 11.1. The van der Waals surface area contributed by atoms with Crippen LogP contribution in [0.2, 0.25) is 0 Å². The zero-order valence-electron chi connectivity index (χ0n) is 10.4. The molecule has 94 valence electrons. The zero-order valence-corrected chi connectivity index (χ0v) is 10.4. The van der Waals surface area contributed by atoms with Gasteiger partial charge in [-0.3, -0.25) is 4.79 Å². The molecule has 0 heterocycles. The lowest BCUT2D eigenvalue weighted by Crippen LogP contribution is -2.31. The minimum Gasteiger partial charge on any atom is -0.493 e. The third-order valence-corrected chi connectivity index (χ3v) is 2.36. The number of carbonyl (C=O) groups excluding carboxylic acids is 1. The Labute approximate surface area is 101 Å². The number of rotatable bonds is 6. The van der Waals surface area contributed by atoms with Gasteiger partial charge in [0, 0.05) is 19.2 Å². The highest BCUT2D eigenvalue weighted by Gasteiger charge is 2.09. The fraction of sp³-hybridized carbons (Fsp3) is 0.417. The first-order valence-electron chi connectivity index (χ1n) is 5.34. The van der Waals surface area contributed by atoms with Gasteiger partial charge in [0.1, 0.15) is 0 Å². The Balaban J connectivity index is 2.67.